The smallest absolute Gasteiger partial charge is 0.252 e. The van der Waals surface area contributed by atoms with Crippen LogP contribution in [0.25, 0.3) is 0 Å². The van der Waals surface area contributed by atoms with E-state index in [4.69, 9.17) is 11.6 Å². The van der Waals surface area contributed by atoms with Gasteiger partial charge in [-0.25, -0.2) is 0 Å². The first-order valence-electron chi connectivity index (χ1n) is 5.25. The lowest BCUT2D eigenvalue weighted by atomic mass is 10.1. The van der Waals surface area contributed by atoms with Gasteiger partial charge in [0.2, 0.25) is 0 Å². The molecule has 0 spiro atoms. The number of rotatable bonds is 3. The van der Waals surface area contributed by atoms with Crippen LogP contribution in [0.15, 0.2) is 41.1 Å². The lowest BCUT2D eigenvalue weighted by Crippen LogP contribution is -2.26. The second-order valence-electron chi connectivity index (χ2n) is 3.76. The molecule has 88 valence electrons. The summed E-state index contributed by atoms with van der Waals surface area (Å²) in [4.78, 5) is 11.8. The fourth-order valence-electron chi connectivity index (χ4n) is 1.53. The lowest BCUT2D eigenvalue weighted by Gasteiger charge is -2.14. The van der Waals surface area contributed by atoms with Crippen molar-refractivity contribution in [2.45, 2.75) is 13.0 Å². The second kappa shape index (κ2) is 5.34. The van der Waals surface area contributed by atoms with E-state index in [1.54, 1.807) is 0 Å². The van der Waals surface area contributed by atoms with Crippen molar-refractivity contribution in [3.8, 4) is 0 Å². The molecule has 1 atom stereocenters. The largest absolute Gasteiger partial charge is 0.345 e. The van der Waals surface area contributed by atoms with E-state index in [0.29, 0.717) is 10.6 Å². The Hall–Kier alpha value is -1.32. The zero-order valence-corrected chi connectivity index (χ0v) is 10.9. The van der Waals surface area contributed by atoms with E-state index < -0.39 is 0 Å². The van der Waals surface area contributed by atoms with Gasteiger partial charge in [0.15, 0.2) is 0 Å². The summed E-state index contributed by atoms with van der Waals surface area (Å²) in [6, 6.07) is 9.26. The Morgan fingerprint density at radius 3 is 2.88 bits per heavy atom. The Bertz CT molecular complexity index is 510. The highest BCUT2D eigenvalue weighted by atomic mass is 35.5. The van der Waals surface area contributed by atoms with Gasteiger partial charge in [-0.05, 0) is 36.1 Å². The minimum Gasteiger partial charge on any atom is -0.345 e. The first kappa shape index (κ1) is 12.1. The SMILES string of the molecule is C[C@H](NC(=O)c1ccsc1)c1cccc(Cl)c1. The maximum atomic E-state index is 11.8. The Kier molecular flexibility index (Phi) is 3.82. The molecule has 1 heterocycles. The summed E-state index contributed by atoms with van der Waals surface area (Å²) < 4.78 is 0. The predicted octanol–water partition coefficient (Wildman–Crippen LogP) is 3.89. The number of nitrogens with one attached hydrogen (secondary N) is 1. The van der Waals surface area contributed by atoms with Crippen molar-refractivity contribution in [3.05, 3.63) is 57.2 Å². The molecule has 1 aromatic carbocycles. The molecule has 0 fully saturated rings. The van der Waals surface area contributed by atoms with Crippen molar-refractivity contribution in [2.75, 3.05) is 0 Å². The van der Waals surface area contributed by atoms with Gasteiger partial charge in [-0.15, -0.1) is 0 Å². The van der Waals surface area contributed by atoms with Crippen molar-refractivity contribution >= 4 is 28.8 Å². The molecule has 0 radical (unpaired) electrons. The topological polar surface area (TPSA) is 29.1 Å². The number of thiophene rings is 1. The summed E-state index contributed by atoms with van der Waals surface area (Å²) in [5.41, 5.74) is 1.70. The zero-order chi connectivity index (χ0) is 12.3. The molecule has 4 heteroatoms. The molecule has 0 aliphatic rings. The maximum Gasteiger partial charge on any atom is 0.252 e. The average Bonchev–Trinajstić information content (AvgIpc) is 2.82. The van der Waals surface area contributed by atoms with E-state index in [9.17, 15) is 4.79 Å². The maximum absolute atomic E-state index is 11.8. The van der Waals surface area contributed by atoms with E-state index in [1.807, 2.05) is 48.0 Å². The monoisotopic (exact) mass is 265 g/mol. The molecule has 0 bridgehead atoms. The van der Waals surface area contributed by atoms with Gasteiger partial charge in [0.25, 0.3) is 5.91 Å². The Labute approximate surface area is 109 Å². The fraction of sp³-hybridized carbons (Fsp3) is 0.154. The molecular weight excluding hydrogens is 254 g/mol. The van der Waals surface area contributed by atoms with E-state index in [2.05, 4.69) is 5.32 Å². The highest BCUT2D eigenvalue weighted by molar-refractivity contribution is 7.08. The molecule has 1 aromatic heterocycles. The number of halogens is 1. The highest BCUT2D eigenvalue weighted by Crippen LogP contribution is 2.18. The van der Waals surface area contributed by atoms with Crippen molar-refractivity contribution in [1.29, 1.82) is 0 Å². The quantitative estimate of drug-likeness (QED) is 0.896. The van der Waals surface area contributed by atoms with Crippen molar-refractivity contribution in [1.82, 2.24) is 5.32 Å². The van der Waals surface area contributed by atoms with Crippen molar-refractivity contribution in [3.63, 3.8) is 0 Å². The molecule has 1 amide bonds. The minimum absolute atomic E-state index is 0.0545. The first-order chi connectivity index (χ1) is 8.16. The minimum atomic E-state index is -0.0567. The third kappa shape index (κ3) is 3.08. The Balaban J connectivity index is 2.07. The molecule has 0 saturated carbocycles. The summed E-state index contributed by atoms with van der Waals surface area (Å²) in [5, 5.41) is 7.34. The molecule has 0 saturated heterocycles. The first-order valence-corrected chi connectivity index (χ1v) is 6.57. The lowest BCUT2D eigenvalue weighted by molar-refractivity contribution is 0.0940. The van der Waals surface area contributed by atoms with Crippen LogP contribution in [0.2, 0.25) is 5.02 Å². The standard InChI is InChI=1S/C13H12ClNOS/c1-9(10-3-2-4-12(14)7-10)15-13(16)11-5-6-17-8-11/h2-9H,1H3,(H,15,16)/t9-/m0/s1. The molecule has 0 unspecified atom stereocenters. The fourth-order valence-corrected chi connectivity index (χ4v) is 2.37. The van der Waals surface area contributed by atoms with E-state index in [0.717, 1.165) is 5.56 Å². The normalized spacial score (nSPS) is 12.1. The number of carbonyl (C=O) groups excluding carboxylic acids is 1. The van der Waals surface area contributed by atoms with Gasteiger partial charge in [0.1, 0.15) is 0 Å². The molecule has 2 rings (SSSR count). The van der Waals surface area contributed by atoms with Crippen LogP contribution in [0.3, 0.4) is 0 Å². The third-order valence-corrected chi connectivity index (χ3v) is 3.40. The number of hydrogen-bond acceptors (Lipinski definition) is 2. The molecule has 2 nitrogen and oxygen atoms in total. The van der Waals surface area contributed by atoms with Crippen LogP contribution >= 0.6 is 22.9 Å². The Morgan fingerprint density at radius 1 is 1.41 bits per heavy atom. The van der Waals surface area contributed by atoms with Crippen LogP contribution in [0.5, 0.6) is 0 Å². The van der Waals surface area contributed by atoms with E-state index in [-0.39, 0.29) is 11.9 Å². The second-order valence-corrected chi connectivity index (χ2v) is 4.98. The van der Waals surface area contributed by atoms with Crippen LogP contribution in [0.1, 0.15) is 28.9 Å². The summed E-state index contributed by atoms with van der Waals surface area (Å²) in [5.74, 6) is -0.0567. The van der Waals surface area contributed by atoms with Crippen molar-refractivity contribution in [2.24, 2.45) is 0 Å². The van der Waals surface area contributed by atoms with Crippen LogP contribution in [0.4, 0.5) is 0 Å². The van der Waals surface area contributed by atoms with Gasteiger partial charge in [-0.2, -0.15) is 11.3 Å². The van der Waals surface area contributed by atoms with E-state index >= 15 is 0 Å². The van der Waals surface area contributed by atoms with Gasteiger partial charge in [0.05, 0.1) is 11.6 Å². The molecule has 2 aromatic rings. The van der Waals surface area contributed by atoms with Crippen LogP contribution in [-0.2, 0) is 0 Å². The van der Waals surface area contributed by atoms with Gasteiger partial charge in [-0.1, -0.05) is 23.7 Å². The van der Waals surface area contributed by atoms with Gasteiger partial charge in [-0.3, -0.25) is 4.79 Å². The van der Waals surface area contributed by atoms with Gasteiger partial charge in [0, 0.05) is 10.4 Å². The molecule has 0 aliphatic carbocycles. The van der Waals surface area contributed by atoms with E-state index in [1.165, 1.54) is 11.3 Å². The van der Waals surface area contributed by atoms with Gasteiger partial charge < -0.3 is 5.32 Å². The van der Waals surface area contributed by atoms with Gasteiger partial charge >= 0.3 is 0 Å². The average molecular weight is 266 g/mol. The number of benzene rings is 1. The number of hydrogen-bond donors (Lipinski definition) is 1. The van der Waals surface area contributed by atoms with Crippen molar-refractivity contribution < 1.29 is 4.79 Å². The summed E-state index contributed by atoms with van der Waals surface area (Å²) in [7, 11) is 0. The summed E-state index contributed by atoms with van der Waals surface area (Å²) in [6.45, 7) is 1.94. The summed E-state index contributed by atoms with van der Waals surface area (Å²) in [6.07, 6.45) is 0. The van der Waals surface area contributed by atoms with Crippen LogP contribution in [0, 0.1) is 0 Å². The molecular formula is C13H12ClNOS. The third-order valence-electron chi connectivity index (χ3n) is 2.48. The highest BCUT2D eigenvalue weighted by Gasteiger charge is 2.11. The number of amides is 1. The Morgan fingerprint density at radius 2 is 2.24 bits per heavy atom. The van der Waals surface area contributed by atoms with Crippen LogP contribution < -0.4 is 5.32 Å². The predicted molar refractivity (Wildman–Crippen MR) is 71.7 cm³/mol. The van der Waals surface area contributed by atoms with Crippen LogP contribution in [-0.4, -0.2) is 5.91 Å². The molecule has 17 heavy (non-hydrogen) atoms. The summed E-state index contributed by atoms with van der Waals surface area (Å²) >= 11 is 7.43. The number of carbonyl (C=O) groups is 1. The molecule has 0 aliphatic heterocycles. The molecule has 1 N–H and O–H groups in total. The zero-order valence-electron chi connectivity index (χ0n) is 9.31.